The molecule has 0 spiro atoms. The highest BCUT2D eigenvalue weighted by Crippen LogP contribution is 2.29. The van der Waals surface area contributed by atoms with E-state index in [1.54, 1.807) is 0 Å². The average Bonchev–Trinajstić information content (AvgIpc) is 2.13. The lowest BCUT2D eigenvalue weighted by molar-refractivity contribution is -0.172. The smallest absolute Gasteiger partial charge is 0.304 e. The Morgan fingerprint density at radius 3 is 2.28 bits per heavy atom. The van der Waals surface area contributed by atoms with Gasteiger partial charge in [-0.2, -0.15) is 0 Å². The van der Waals surface area contributed by atoms with E-state index in [1.807, 2.05) is 6.92 Å². The van der Waals surface area contributed by atoms with Gasteiger partial charge < -0.3 is 14.5 Å². The first-order chi connectivity index (χ1) is 8.15. The molecule has 0 aromatic carbocycles. The van der Waals surface area contributed by atoms with Crippen LogP contribution in [0.3, 0.4) is 0 Å². The highest BCUT2D eigenvalue weighted by molar-refractivity contribution is 6.72. The van der Waals surface area contributed by atoms with E-state index in [4.69, 9.17) is 9.16 Å². The topological polar surface area (TPSA) is 64.6 Å². The standard InChI is InChI=1S/C12H23NO4Si/c1-7(2)18(5,6)17-8(3)10-11(15)13-12(10)16-9(4)14/h7-8,10,12H,1-6H3,(H,13,15)/t8-,10?,12-/m1/s1. The van der Waals surface area contributed by atoms with Gasteiger partial charge in [-0.3, -0.25) is 9.59 Å². The zero-order valence-corrected chi connectivity index (χ0v) is 12.9. The van der Waals surface area contributed by atoms with Gasteiger partial charge in [-0.05, 0) is 25.6 Å². The van der Waals surface area contributed by atoms with Gasteiger partial charge >= 0.3 is 5.97 Å². The van der Waals surface area contributed by atoms with E-state index in [0.717, 1.165) is 0 Å². The fraction of sp³-hybridized carbons (Fsp3) is 0.833. The van der Waals surface area contributed by atoms with Crippen molar-refractivity contribution in [2.75, 3.05) is 0 Å². The summed E-state index contributed by atoms with van der Waals surface area (Å²) < 4.78 is 11.1. The Balaban J connectivity index is 2.62. The number of rotatable bonds is 5. The maximum Gasteiger partial charge on any atom is 0.304 e. The number of nitrogens with one attached hydrogen (secondary N) is 1. The van der Waals surface area contributed by atoms with Crippen LogP contribution in [0.15, 0.2) is 0 Å². The SMILES string of the molecule is CC(=O)O[C@H]1NC(=O)C1[C@@H](C)O[Si](C)(C)C(C)C. The second-order valence-corrected chi connectivity index (χ2v) is 10.2. The van der Waals surface area contributed by atoms with Crippen LogP contribution in [0.4, 0.5) is 0 Å². The fourth-order valence-corrected chi connectivity index (χ4v) is 3.17. The molecular weight excluding hydrogens is 250 g/mol. The van der Waals surface area contributed by atoms with Gasteiger partial charge in [0.25, 0.3) is 0 Å². The number of hydrogen-bond donors (Lipinski definition) is 1. The van der Waals surface area contributed by atoms with E-state index >= 15 is 0 Å². The third kappa shape index (κ3) is 3.32. The average molecular weight is 273 g/mol. The minimum absolute atomic E-state index is 0.109. The van der Waals surface area contributed by atoms with Crippen LogP contribution in [0.5, 0.6) is 0 Å². The Morgan fingerprint density at radius 2 is 1.89 bits per heavy atom. The van der Waals surface area contributed by atoms with E-state index < -0.39 is 20.5 Å². The van der Waals surface area contributed by atoms with Crippen LogP contribution in [-0.2, 0) is 18.8 Å². The van der Waals surface area contributed by atoms with Crippen LogP contribution < -0.4 is 5.32 Å². The maximum absolute atomic E-state index is 11.6. The van der Waals surface area contributed by atoms with E-state index in [1.165, 1.54) is 6.92 Å². The van der Waals surface area contributed by atoms with Crippen molar-refractivity contribution < 1.29 is 18.8 Å². The zero-order chi connectivity index (χ0) is 14.1. The molecule has 0 saturated carbocycles. The Labute approximate surface area is 109 Å². The lowest BCUT2D eigenvalue weighted by Gasteiger charge is -2.42. The van der Waals surface area contributed by atoms with Crippen molar-refractivity contribution in [3.63, 3.8) is 0 Å². The summed E-state index contributed by atoms with van der Waals surface area (Å²) in [5.74, 6) is -0.890. The summed E-state index contributed by atoms with van der Waals surface area (Å²) in [5.41, 5.74) is 0.468. The Bertz CT molecular complexity index is 343. The number of ether oxygens (including phenoxy) is 1. The predicted octanol–water partition coefficient (Wildman–Crippen LogP) is 1.64. The highest BCUT2D eigenvalue weighted by Gasteiger charge is 2.47. The van der Waals surface area contributed by atoms with Gasteiger partial charge in [0.2, 0.25) is 5.91 Å². The summed E-state index contributed by atoms with van der Waals surface area (Å²) >= 11 is 0. The largest absolute Gasteiger partial charge is 0.441 e. The molecule has 0 aromatic heterocycles. The maximum atomic E-state index is 11.6. The van der Waals surface area contributed by atoms with Gasteiger partial charge in [-0.25, -0.2) is 0 Å². The molecule has 1 amide bonds. The Morgan fingerprint density at radius 1 is 1.33 bits per heavy atom. The molecule has 1 fully saturated rings. The molecule has 0 aliphatic carbocycles. The molecule has 6 heteroatoms. The van der Waals surface area contributed by atoms with Gasteiger partial charge in [0.05, 0.1) is 6.10 Å². The minimum Gasteiger partial charge on any atom is -0.441 e. The summed E-state index contributed by atoms with van der Waals surface area (Å²) in [5, 5.41) is 2.57. The number of amides is 1. The molecule has 1 aliphatic heterocycles. The second-order valence-electron chi connectivity index (χ2n) is 5.65. The molecule has 5 nitrogen and oxygen atoms in total. The molecular formula is C12H23NO4Si. The molecule has 18 heavy (non-hydrogen) atoms. The normalized spacial score (nSPS) is 25.4. The molecule has 3 atom stereocenters. The molecule has 0 radical (unpaired) electrons. The monoisotopic (exact) mass is 273 g/mol. The lowest BCUT2D eigenvalue weighted by atomic mass is 9.93. The van der Waals surface area contributed by atoms with Crippen molar-refractivity contribution in [3.05, 3.63) is 0 Å². The van der Waals surface area contributed by atoms with Gasteiger partial charge in [0.15, 0.2) is 14.5 Å². The van der Waals surface area contributed by atoms with Gasteiger partial charge in [-0.15, -0.1) is 0 Å². The van der Waals surface area contributed by atoms with Crippen molar-refractivity contribution in [2.24, 2.45) is 5.92 Å². The molecule has 1 N–H and O–H groups in total. The molecule has 1 heterocycles. The van der Waals surface area contributed by atoms with Crippen molar-refractivity contribution in [3.8, 4) is 0 Å². The van der Waals surface area contributed by atoms with Gasteiger partial charge in [0.1, 0.15) is 5.92 Å². The Kier molecular flexibility index (Phi) is 4.55. The molecule has 104 valence electrons. The van der Waals surface area contributed by atoms with Crippen molar-refractivity contribution in [2.45, 2.75) is 58.7 Å². The first-order valence-corrected chi connectivity index (χ1v) is 9.29. The third-order valence-corrected chi connectivity index (χ3v) is 7.35. The Hall–Kier alpha value is -0.883. The van der Waals surface area contributed by atoms with E-state index in [9.17, 15) is 9.59 Å². The fourth-order valence-electron chi connectivity index (χ4n) is 1.80. The highest BCUT2D eigenvalue weighted by atomic mass is 28.4. The number of carbonyl (C=O) groups is 2. The molecule has 1 rings (SSSR count). The van der Waals surface area contributed by atoms with Crippen molar-refractivity contribution in [1.29, 1.82) is 0 Å². The summed E-state index contributed by atoms with van der Waals surface area (Å²) in [6.07, 6.45) is -0.769. The van der Waals surface area contributed by atoms with Crippen LogP contribution in [0.1, 0.15) is 27.7 Å². The summed E-state index contributed by atoms with van der Waals surface area (Å²) in [4.78, 5) is 22.5. The van der Waals surface area contributed by atoms with Crippen LogP contribution >= 0.6 is 0 Å². The summed E-state index contributed by atoms with van der Waals surface area (Å²) in [7, 11) is -1.81. The lowest BCUT2D eigenvalue weighted by Crippen LogP contribution is -2.64. The predicted molar refractivity (Wildman–Crippen MR) is 70.3 cm³/mol. The van der Waals surface area contributed by atoms with Gasteiger partial charge in [0, 0.05) is 6.92 Å². The quantitative estimate of drug-likeness (QED) is 0.470. The number of esters is 1. The van der Waals surface area contributed by atoms with Gasteiger partial charge in [-0.1, -0.05) is 13.8 Å². The van der Waals surface area contributed by atoms with E-state index in [-0.39, 0.29) is 17.9 Å². The van der Waals surface area contributed by atoms with Crippen LogP contribution in [0.25, 0.3) is 0 Å². The molecule has 1 aliphatic rings. The van der Waals surface area contributed by atoms with Crippen LogP contribution in [0.2, 0.25) is 18.6 Å². The summed E-state index contributed by atoms with van der Waals surface area (Å²) in [6.45, 7) is 11.7. The minimum atomic E-state index is -1.81. The number of hydrogen-bond acceptors (Lipinski definition) is 4. The molecule has 0 bridgehead atoms. The third-order valence-electron chi connectivity index (χ3n) is 3.59. The van der Waals surface area contributed by atoms with Crippen molar-refractivity contribution in [1.82, 2.24) is 5.32 Å². The van der Waals surface area contributed by atoms with Crippen LogP contribution in [-0.4, -0.2) is 32.5 Å². The van der Waals surface area contributed by atoms with Crippen LogP contribution in [0, 0.1) is 5.92 Å². The summed E-state index contributed by atoms with van der Waals surface area (Å²) in [6, 6.07) is 0. The molecule has 1 unspecified atom stereocenters. The number of β-lactam (4-membered cyclic amide) rings is 1. The van der Waals surface area contributed by atoms with Crippen molar-refractivity contribution >= 4 is 20.2 Å². The van der Waals surface area contributed by atoms with E-state index in [0.29, 0.717) is 5.54 Å². The molecule has 0 aromatic rings. The molecule has 1 saturated heterocycles. The second kappa shape index (κ2) is 5.40. The first-order valence-electron chi connectivity index (χ1n) is 6.30. The number of carbonyl (C=O) groups excluding carboxylic acids is 2. The van der Waals surface area contributed by atoms with E-state index in [2.05, 4.69) is 32.3 Å². The zero-order valence-electron chi connectivity index (χ0n) is 11.9. The first kappa shape index (κ1) is 15.2.